The highest BCUT2D eigenvalue weighted by molar-refractivity contribution is 6.04. The molecule has 0 unspecified atom stereocenters. The van der Waals surface area contributed by atoms with Gasteiger partial charge in [0, 0.05) is 27.7 Å². The van der Waals surface area contributed by atoms with Gasteiger partial charge in [0.25, 0.3) is 0 Å². The Morgan fingerprint density at radius 1 is 0.327 bits per heavy atom. The van der Waals surface area contributed by atoms with Crippen LogP contribution in [0.25, 0.3) is 89.4 Å². The Balaban J connectivity index is 1.25. The van der Waals surface area contributed by atoms with Gasteiger partial charge in [0.15, 0.2) is 17.5 Å². The molecule has 9 aromatic rings. The van der Waals surface area contributed by atoms with Crippen molar-refractivity contribution in [2.75, 3.05) is 0 Å². The number of aromatic nitrogens is 3. The summed E-state index contributed by atoms with van der Waals surface area (Å²) in [5.41, 5.74) is 14.7. The van der Waals surface area contributed by atoms with Gasteiger partial charge in [0.1, 0.15) is 0 Å². The van der Waals surface area contributed by atoms with Crippen LogP contribution in [-0.4, -0.2) is 15.0 Å². The molecular formula is C52H37N3. The molecule has 0 amide bonds. The molecule has 0 saturated heterocycles. The molecule has 55 heavy (non-hydrogen) atoms. The van der Waals surface area contributed by atoms with Crippen LogP contribution in [0.5, 0.6) is 0 Å². The lowest BCUT2D eigenvalue weighted by Gasteiger charge is -2.22. The summed E-state index contributed by atoms with van der Waals surface area (Å²) in [6.45, 7) is 4.68. The maximum absolute atomic E-state index is 5.39. The van der Waals surface area contributed by atoms with Gasteiger partial charge in [-0.25, -0.2) is 15.0 Å². The highest BCUT2D eigenvalue weighted by Crippen LogP contribution is 2.50. The summed E-state index contributed by atoms with van der Waals surface area (Å²) in [5, 5.41) is 2.33. The second kappa shape index (κ2) is 13.2. The fourth-order valence-electron chi connectivity index (χ4n) is 8.46. The zero-order valence-corrected chi connectivity index (χ0v) is 30.7. The minimum atomic E-state index is -0.136. The molecule has 0 atom stereocenters. The summed E-state index contributed by atoms with van der Waals surface area (Å²) in [4.78, 5) is 16.1. The average molecular weight is 704 g/mol. The van der Waals surface area contributed by atoms with Crippen LogP contribution in [0.2, 0.25) is 0 Å². The Hall–Kier alpha value is -6.97. The van der Waals surface area contributed by atoms with Crippen molar-refractivity contribution >= 4 is 10.8 Å². The molecule has 1 aliphatic carbocycles. The van der Waals surface area contributed by atoms with E-state index in [0.717, 1.165) is 55.5 Å². The molecule has 0 bridgehead atoms. The number of fused-ring (bicyclic) bond motifs is 4. The minimum Gasteiger partial charge on any atom is -0.208 e. The summed E-state index contributed by atoms with van der Waals surface area (Å²) in [7, 11) is 0. The van der Waals surface area contributed by atoms with Crippen molar-refractivity contribution in [2.45, 2.75) is 19.3 Å². The van der Waals surface area contributed by atoms with E-state index in [1.54, 1.807) is 0 Å². The highest BCUT2D eigenvalue weighted by Gasteiger charge is 2.35. The van der Waals surface area contributed by atoms with Gasteiger partial charge in [-0.05, 0) is 73.0 Å². The van der Waals surface area contributed by atoms with E-state index >= 15 is 0 Å². The van der Waals surface area contributed by atoms with Gasteiger partial charge in [0.05, 0.1) is 0 Å². The van der Waals surface area contributed by atoms with Gasteiger partial charge in [-0.3, -0.25) is 0 Å². The molecule has 0 fully saturated rings. The topological polar surface area (TPSA) is 38.7 Å². The first-order valence-corrected chi connectivity index (χ1v) is 18.9. The molecule has 1 aliphatic rings. The van der Waals surface area contributed by atoms with E-state index in [-0.39, 0.29) is 5.41 Å². The fourth-order valence-corrected chi connectivity index (χ4v) is 8.46. The Morgan fingerprint density at radius 2 is 0.782 bits per heavy atom. The fraction of sp³-hybridized carbons (Fsp3) is 0.0577. The molecule has 0 spiro atoms. The molecule has 0 saturated carbocycles. The van der Waals surface area contributed by atoms with Crippen molar-refractivity contribution < 1.29 is 0 Å². The second-order valence-electron chi connectivity index (χ2n) is 14.8. The van der Waals surface area contributed by atoms with E-state index in [1.807, 2.05) is 12.1 Å². The zero-order valence-electron chi connectivity index (χ0n) is 30.7. The van der Waals surface area contributed by atoms with Crippen LogP contribution in [0.1, 0.15) is 25.0 Å². The van der Waals surface area contributed by atoms with Gasteiger partial charge in [0.2, 0.25) is 0 Å². The molecule has 3 heteroatoms. The zero-order chi connectivity index (χ0) is 36.9. The van der Waals surface area contributed by atoms with E-state index in [2.05, 4.69) is 190 Å². The number of rotatable bonds is 6. The highest BCUT2D eigenvalue weighted by atomic mass is 15.0. The van der Waals surface area contributed by atoms with E-state index in [4.69, 9.17) is 15.0 Å². The quantitative estimate of drug-likeness (QED) is 0.173. The lowest BCUT2D eigenvalue weighted by atomic mass is 9.81. The third kappa shape index (κ3) is 5.55. The van der Waals surface area contributed by atoms with Crippen LogP contribution in [0, 0.1) is 0 Å². The van der Waals surface area contributed by atoms with Crippen LogP contribution in [0.15, 0.2) is 188 Å². The largest absolute Gasteiger partial charge is 0.208 e. The normalized spacial score (nSPS) is 12.7. The summed E-state index contributed by atoms with van der Waals surface area (Å²) in [5.74, 6) is 1.90. The first kappa shape index (κ1) is 32.7. The van der Waals surface area contributed by atoms with Gasteiger partial charge >= 0.3 is 0 Å². The molecule has 3 nitrogen and oxygen atoms in total. The predicted molar refractivity (Wildman–Crippen MR) is 228 cm³/mol. The molecule has 10 rings (SSSR count). The summed E-state index contributed by atoms with van der Waals surface area (Å²) in [6, 6.07) is 66.6. The molecule has 260 valence electrons. The third-order valence-corrected chi connectivity index (χ3v) is 11.2. The summed E-state index contributed by atoms with van der Waals surface area (Å²) < 4.78 is 0. The first-order chi connectivity index (χ1) is 27.0. The van der Waals surface area contributed by atoms with Gasteiger partial charge in [-0.1, -0.05) is 190 Å². The number of benzene rings is 8. The van der Waals surface area contributed by atoms with E-state index in [0.29, 0.717) is 17.5 Å². The Kier molecular flexibility index (Phi) is 7.81. The van der Waals surface area contributed by atoms with E-state index < -0.39 is 0 Å². The van der Waals surface area contributed by atoms with Crippen molar-refractivity contribution in [1.82, 2.24) is 15.0 Å². The summed E-state index contributed by atoms with van der Waals surface area (Å²) >= 11 is 0. The Morgan fingerprint density at radius 3 is 1.40 bits per heavy atom. The lowest BCUT2D eigenvalue weighted by Crippen LogP contribution is -2.14. The van der Waals surface area contributed by atoms with Crippen LogP contribution >= 0.6 is 0 Å². The molecule has 8 aromatic carbocycles. The predicted octanol–water partition coefficient (Wildman–Crippen LogP) is 13.3. The lowest BCUT2D eigenvalue weighted by molar-refractivity contribution is 0.660. The number of hydrogen-bond donors (Lipinski definition) is 0. The molecule has 1 aromatic heterocycles. The third-order valence-electron chi connectivity index (χ3n) is 11.2. The van der Waals surface area contributed by atoms with E-state index in [9.17, 15) is 0 Å². The monoisotopic (exact) mass is 703 g/mol. The first-order valence-electron chi connectivity index (χ1n) is 18.9. The van der Waals surface area contributed by atoms with Crippen molar-refractivity contribution in [3.05, 3.63) is 199 Å². The molecular weight excluding hydrogens is 667 g/mol. The van der Waals surface area contributed by atoms with Crippen molar-refractivity contribution in [3.8, 4) is 78.7 Å². The van der Waals surface area contributed by atoms with E-state index in [1.165, 1.54) is 27.6 Å². The van der Waals surface area contributed by atoms with Crippen LogP contribution < -0.4 is 0 Å². The maximum atomic E-state index is 5.39. The van der Waals surface area contributed by atoms with Gasteiger partial charge < -0.3 is 0 Å². The minimum absolute atomic E-state index is 0.136. The molecule has 0 aliphatic heterocycles. The van der Waals surface area contributed by atoms with Crippen molar-refractivity contribution in [3.63, 3.8) is 0 Å². The van der Waals surface area contributed by atoms with Crippen molar-refractivity contribution in [2.24, 2.45) is 0 Å². The summed E-state index contributed by atoms with van der Waals surface area (Å²) in [6.07, 6.45) is 0. The number of nitrogens with zero attached hydrogens (tertiary/aromatic N) is 3. The second-order valence-corrected chi connectivity index (χ2v) is 14.8. The van der Waals surface area contributed by atoms with Crippen LogP contribution in [0.3, 0.4) is 0 Å². The molecule has 1 heterocycles. The van der Waals surface area contributed by atoms with Crippen LogP contribution in [-0.2, 0) is 5.41 Å². The van der Waals surface area contributed by atoms with Crippen molar-refractivity contribution in [1.29, 1.82) is 0 Å². The average Bonchev–Trinajstić information content (AvgIpc) is 3.49. The molecule has 0 N–H and O–H groups in total. The van der Waals surface area contributed by atoms with Crippen LogP contribution in [0.4, 0.5) is 0 Å². The Labute approximate surface area is 321 Å². The maximum Gasteiger partial charge on any atom is 0.164 e. The Bertz CT molecular complexity index is 2790. The smallest absolute Gasteiger partial charge is 0.164 e. The van der Waals surface area contributed by atoms with Gasteiger partial charge in [-0.2, -0.15) is 0 Å². The standard InChI is InChI=1S/C52H37N3/c1-52(2)46-28-16-15-25-41(46)42-31-30-37(33-47(42)52)48-40-24-10-9-21-36(40)29-32-45(48)51-54-49(43-26-13-11-22-38(43)34-17-5-3-6-18-34)53-50(55-51)44-27-14-12-23-39(44)35-19-7-4-8-20-35/h3-33H,1-2H3. The molecule has 0 radical (unpaired) electrons. The SMILES string of the molecule is CC1(C)c2ccccc2-c2ccc(-c3c(-c4nc(-c5ccccc5-c5ccccc5)nc(-c5ccccc5-c5ccccc5)n4)ccc4ccccc34)cc21. The van der Waals surface area contributed by atoms with Gasteiger partial charge in [-0.15, -0.1) is 0 Å². The number of hydrogen-bond acceptors (Lipinski definition) is 3.